The summed E-state index contributed by atoms with van der Waals surface area (Å²) in [7, 11) is 0. The van der Waals surface area contributed by atoms with Crippen LogP contribution in [0.5, 0.6) is 5.75 Å². The van der Waals surface area contributed by atoms with Crippen LogP contribution in [0.1, 0.15) is 23.4 Å². The van der Waals surface area contributed by atoms with E-state index in [4.69, 9.17) is 16.3 Å². The van der Waals surface area contributed by atoms with E-state index in [9.17, 15) is 9.59 Å². The van der Waals surface area contributed by atoms with Gasteiger partial charge in [-0.1, -0.05) is 23.7 Å². The fourth-order valence-electron chi connectivity index (χ4n) is 2.70. The zero-order chi connectivity index (χ0) is 20.1. The van der Waals surface area contributed by atoms with Crippen molar-refractivity contribution in [3.05, 3.63) is 52.6 Å². The molecule has 0 bridgehead atoms. The van der Waals surface area contributed by atoms with Crippen LogP contribution in [0, 0.1) is 13.8 Å². The summed E-state index contributed by atoms with van der Waals surface area (Å²) in [6, 6.07) is 6.82. The monoisotopic (exact) mass is 402 g/mol. The van der Waals surface area contributed by atoms with E-state index in [2.05, 4.69) is 25.9 Å². The molecule has 28 heavy (non-hydrogen) atoms. The van der Waals surface area contributed by atoms with Crippen molar-refractivity contribution in [3.8, 4) is 5.75 Å². The standard InChI is InChI=1S/C18H19ClN6O3/c1-11-13(12(2)25-18(22-11)20-10-21-25)7-8-16(26)23-24-17(27)9-28-15-6-4-3-5-14(15)19/h3-6,10H,7-9H2,1-2H3,(H,23,26)(H,24,27). The van der Waals surface area contributed by atoms with Crippen molar-refractivity contribution in [2.24, 2.45) is 0 Å². The Bertz CT molecular complexity index is 1020. The summed E-state index contributed by atoms with van der Waals surface area (Å²) in [5.41, 5.74) is 7.27. The lowest BCUT2D eigenvalue weighted by Crippen LogP contribution is -2.43. The Kier molecular flexibility index (Phi) is 6.05. The second-order valence-electron chi connectivity index (χ2n) is 6.05. The number of fused-ring (bicyclic) bond motifs is 1. The molecule has 0 spiro atoms. The third kappa shape index (κ3) is 4.55. The molecule has 0 radical (unpaired) electrons. The number of aromatic nitrogens is 4. The third-order valence-electron chi connectivity index (χ3n) is 4.13. The second-order valence-corrected chi connectivity index (χ2v) is 6.46. The highest BCUT2D eigenvalue weighted by Crippen LogP contribution is 2.22. The Balaban J connectivity index is 1.47. The highest BCUT2D eigenvalue weighted by molar-refractivity contribution is 6.32. The van der Waals surface area contributed by atoms with Gasteiger partial charge in [-0.3, -0.25) is 20.4 Å². The van der Waals surface area contributed by atoms with Crippen LogP contribution in [0.3, 0.4) is 0 Å². The van der Waals surface area contributed by atoms with Crippen molar-refractivity contribution in [3.63, 3.8) is 0 Å². The van der Waals surface area contributed by atoms with Crippen molar-refractivity contribution >= 4 is 29.2 Å². The minimum atomic E-state index is -0.494. The minimum Gasteiger partial charge on any atom is -0.482 e. The molecule has 2 aromatic heterocycles. The quantitative estimate of drug-likeness (QED) is 0.605. The molecule has 0 unspecified atom stereocenters. The molecule has 0 atom stereocenters. The number of halogens is 1. The summed E-state index contributed by atoms with van der Waals surface area (Å²) in [6.07, 6.45) is 2.07. The van der Waals surface area contributed by atoms with Gasteiger partial charge in [0.05, 0.1) is 5.02 Å². The molecule has 146 valence electrons. The van der Waals surface area contributed by atoms with Crippen molar-refractivity contribution < 1.29 is 14.3 Å². The summed E-state index contributed by atoms with van der Waals surface area (Å²) < 4.78 is 6.94. The zero-order valence-electron chi connectivity index (χ0n) is 15.4. The van der Waals surface area contributed by atoms with Crippen LogP contribution in [0.15, 0.2) is 30.6 Å². The summed E-state index contributed by atoms with van der Waals surface area (Å²) >= 11 is 5.95. The maximum absolute atomic E-state index is 12.0. The molecule has 0 fully saturated rings. The predicted octanol–water partition coefficient (Wildman–Crippen LogP) is 1.55. The van der Waals surface area contributed by atoms with Crippen molar-refractivity contribution in [2.75, 3.05) is 6.61 Å². The van der Waals surface area contributed by atoms with Gasteiger partial charge in [-0.15, -0.1) is 0 Å². The molecule has 3 rings (SSSR count). The van der Waals surface area contributed by atoms with E-state index in [1.54, 1.807) is 28.8 Å². The van der Waals surface area contributed by atoms with Gasteiger partial charge in [0.1, 0.15) is 12.1 Å². The summed E-state index contributed by atoms with van der Waals surface area (Å²) in [5, 5.41) is 4.53. The average molecular weight is 403 g/mol. The number of carbonyl (C=O) groups excluding carboxylic acids is 2. The second kappa shape index (κ2) is 8.66. The fraction of sp³-hybridized carbons (Fsp3) is 0.278. The van der Waals surface area contributed by atoms with Crippen LogP contribution >= 0.6 is 11.6 Å². The summed E-state index contributed by atoms with van der Waals surface area (Å²) in [5.74, 6) is 0.0940. The first-order chi connectivity index (χ1) is 13.5. The van der Waals surface area contributed by atoms with E-state index >= 15 is 0 Å². The van der Waals surface area contributed by atoms with E-state index in [1.807, 2.05) is 13.8 Å². The van der Waals surface area contributed by atoms with E-state index in [1.165, 1.54) is 6.33 Å². The third-order valence-corrected chi connectivity index (χ3v) is 4.44. The largest absolute Gasteiger partial charge is 0.482 e. The van der Waals surface area contributed by atoms with Crippen LogP contribution < -0.4 is 15.6 Å². The number of rotatable bonds is 6. The van der Waals surface area contributed by atoms with E-state index in [0.29, 0.717) is 23.0 Å². The maximum Gasteiger partial charge on any atom is 0.276 e. The van der Waals surface area contributed by atoms with Crippen molar-refractivity contribution in [2.45, 2.75) is 26.7 Å². The normalized spacial score (nSPS) is 10.7. The number of hydrogen-bond acceptors (Lipinski definition) is 6. The number of para-hydroxylation sites is 1. The first-order valence-corrected chi connectivity index (χ1v) is 8.94. The molecular formula is C18H19ClN6O3. The van der Waals surface area contributed by atoms with Crippen LogP contribution in [0.2, 0.25) is 5.02 Å². The first-order valence-electron chi connectivity index (χ1n) is 8.56. The van der Waals surface area contributed by atoms with Gasteiger partial charge in [-0.25, -0.2) is 9.50 Å². The van der Waals surface area contributed by atoms with E-state index in [-0.39, 0.29) is 18.9 Å². The lowest BCUT2D eigenvalue weighted by Gasteiger charge is -2.11. The Hall–Kier alpha value is -3.20. The molecule has 2 amide bonds. The number of hydrazine groups is 1. The SMILES string of the molecule is Cc1nc2ncnn2c(C)c1CCC(=O)NNC(=O)COc1ccccc1Cl. The van der Waals surface area contributed by atoms with Gasteiger partial charge in [0.2, 0.25) is 5.91 Å². The van der Waals surface area contributed by atoms with Crippen LogP contribution in [-0.4, -0.2) is 38.0 Å². The minimum absolute atomic E-state index is 0.176. The highest BCUT2D eigenvalue weighted by Gasteiger charge is 2.13. The van der Waals surface area contributed by atoms with Crippen molar-refractivity contribution in [1.29, 1.82) is 0 Å². The molecule has 9 nitrogen and oxygen atoms in total. The Morgan fingerprint density at radius 2 is 1.93 bits per heavy atom. The number of ether oxygens (including phenoxy) is 1. The van der Waals surface area contributed by atoms with Crippen molar-refractivity contribution in [1.82, 2.24) is 30.4 Å². The van der Waals surface area contributed by atoms with E-state index in [0.717, 1.165) is 17.0 Å². The van der Waals surface area contributed by atoms with Crippen LogP contribution in [0.4, 0.5) is 0 Å². The number of nitrogens with one attached hydrogen (secondary N) is 2. The Labute approximate surface area is 166 Å². The average Bonchev–Trinajstić information content (AvgIpc) is 3.14. The van der Waals surface area contributed by atoms with Crippen LogP contribution in [-0.2, 0) is 16.0 Å². The maximum atomic E-state index is 12.0. The molecule has 3 aromatic rings. The molecule has 1 aromatic carbocycles. The number of nitrogens with zero attached hydrogens (tertiary/aromatic N) is 4. The molecule has 0 aliphatic carbocycles. The Morgan fingerprint density at radius 1 is 1.18 bits per heavy atom. The molecule has 2 N–H and O–H groups in total. The summed E-state index contributed by atoms with van der Waals surface area (Å²) in [6.45, 7) is 3.50. The topological polar surface area (TPSA) is 111 Å². The lowest BCUT2D eigenvalue weighted by atomic mass is 10.1. The number of aryl methyl sites for hydroxylation is 2. The molecular weight excluding hydrogens is 384 g/mol. The van der Waals surface area contributed by atoms with Gasteiger partial charge in [0.25, 0.3) is 11.7 Å². The fourth-order valence-corrected chi connectivity index (χ4v) is 2.89. The zero-order valence-corrected chi connectivity index (χ0v) is 16.2. The van der Waals surface area contributed by atoms with E-state index < -0.39 is 5.91 Å². The molecule has 0 saturated heterocycles. The van der Waals surface area contributed by atoms with Gasteiger partial charge in [-0.05, 0) is 38.0 Å². The van der Waals surface area contributed by atoms with Gasteiger partial charge in [0.15, 0.2) is 6.61 Å². The Morgan fingerprint density at radius 3 is 2.71 bits per heavy atom. The van der Waals surface area contributed by atoms with Gasteiger partial charge in [0, 0.05) is 17.8 Å². The summed E-state index contributed by atoms with van der Waals surface area (Å²) in [4.78, 5) is 32.3. The van der Waals surface area contributed by atoms with Crippen LogP contribution in [0.25, 0.3) is 5.78 Å². The molecule has 0 aliphatic heterocycles. The lowest BCUT2D eigenvalue weighted by molar-refractivity contribution is -0.130. The highest BCUT2D eigenvalue weighted by atomic mass is 35.5. The number of hydrogen-bond donors (Lipinski definition) is 2. The first kappa shape index (κ1) is 19.6. The molecule has 0 saturated carbocycles. The predicted molar refractivity (Wildman–Crippen MR) is 102 cm³/mol. The number of benzene rings is 1. The molecule has 10 heteroatoms. The number of amides is 2. The molecule has 2 heterocycles. The number of carbonyl (C=O) groups is 2. The smallest absolute Gasteiger partial charge is 0.276 e. The van der Waals surface area contributed by atoms with Gasteiger partial charge >= 0.3 is 0 Å². The van der Waals surface area contributed by atoms with Gasteiger partial charge < -0.3 is 4.74 Å². The molecule has 0 aliphatic rings. The van der Waals surface area contributed by atoms with Gasteiger partial charge in [-0.2, -0.15) is 10.1 Å².